The molecule has 0 aliphatic carbocycles. The maximum atomic E-state index is 12.3. The highest BCUT2D eigenvalue weighted by Crippen LogP contribution is 2.22. The maximum Gasteiger partial charge on any atom is 0.281 e. The third-order valence-corrected chi connectivity index (χ3v) is 4.20. The van der Waals surface area contributed by atoms with E-state index in [4.69, 9.17) is 0 Å². The van der Waals surface area contributed by atoms with E-state index in [-0.39, 0.29) is 5.03 Å². The summed E-state index contributed by atoms with van der Waals surface area (Å²) in [7, 11) is -2.07. The van der Waals surface area contributed by atoms with Gasteiger partial charge in [0.2, 0.25) is 0 Å². The van der Waals surface area contributed by atoms with Crippen LogP contribution in [0.5, 0.6) is 0 Å². The largest absolute Gasteiger partial charge is 0.386 e. The predicted molar refractivity (Wildman–Crippen MR) is 78.7 cm³/mol. The Morgan fingerprint density at radius 2 is 2.00 bits per heavy atom. The van der Waals surface area contributed by atoms with Crippen molar-refractivity contribution in [3.63, 3.8) is 0 Å². The van der Waals surface area contributed by atoms with Crippen molar-refractivity contribution in [2.75, 3.05) is 17.1 Å². The van der Waals surface area contributed by atoms with Gasteiger partial charge in [-0.3, -0.25) is 4.72 Å². The molecule has 0 aliphatic rings. The number of nitrogens with one attached hydrogen (secondary N) is 2. The Kier molecular flexibility index (Phi) is 4.06. The van der Waals surface area contributed by atoms with Crippen LogP contribution in [-0.2, 0) is 10.0 Å². The van der Waals surface area contributed by atoms with Gasteiger partial charge in [0.15, 0.2) is 5.03 Å². The van der Waals surface area contributed by atoms with Gasteiger partial charge >= 0.3 is 0 Å². The average molecular weight is 342 g/mol. The van der Waals surface area contributed by atoms with Crippen molar-refractivity contribution in [1.29, 1.82) is 0 Å². The molecule has 0 radical (unpaired) electrons. The van der Waals surface area contributed by atoms with Crippen LogP contribution in [-0.4, -0.2) is 20.4 Å². The summed E-state index contributed by atoms with van der Waals surface area (Å²) >= 11 is 3.29. The van der Waals surface area contributed by atoms with Gasteiger partial charge in [-0.15, -0.1) is 0 Å². The summed E-state index contributed by atoms with van der Waals surface area (Å²) in [6.45, 7) is 0. The van der Waals surface area contributed by atoms with Gasteiger partial charge < -0.3 is 5.32 Å². The van der Waals surface area contributed by atoms with E-state index in [0.717, 1.165) is 4.47 Å². The Labute approximate surface area is 120 Å². The quantitative estimate of drug-likeness (QED) is 0.896. The van der Waals surface area contributed by atoms with Gasteiger partial charge in [0.05, 0.1) is 5.69 Å². The lowest BCUT2D eigenvalue weighted by Crippen LogP contribution is -2.16. The molecule has 0 amide bonds. The lowest BCUT2D eigenvalue weighted by atomic mass is 10.3. The molecule has 0 unspecified atom stereocenters. The van der Waals surface area contributed by atoms with Gasteiger partial charge in [-0.2, -0.15) is 8.42 Å². The zero-order valence-electron chi connectivity index (χ0n) is 10.1. The molecule has 2 aromatic rings. The molecule has 2 N–H and O–H groups in total. The smallest absolute Gasteiger partial charge is 0.281 e. The maximum absolute atomic E-state index is 12.3. The van der Waals surface area contributed by atoms with E-state index in [1.165, 1.54) is 6.20 Å². The van der Waals surface area contributed by atoms with Crippen LogP contribution in [0.1, 0.15) is 0 Å². The Morgan fingerprint density at radius 1 is 1.21 bits per heavy atom. The monoisotopic (exact) mass is 341 g/mol. The van der Waals surface area contributed by atoms with E-state index in [9.17, 15) is 8.42 Å². The first kappa shape index (κ1) is 13.8. The molecule has 1 heterocycles. The number of hydrogen-bond acceptors (Lipinski definition) is 4. The molecular weight excluding hydrogens is 330 g/mol. The number of rotatable bonds is 4. The first-order valence-corrected chi connectivity index (χ1v) is 7.72. The van der Waals surface area contributed by atoms with Crippen LogP contribution in [0.15, 0.2) is 52.1 Å². The van der Waals surface area contributed by atoms with Crippen LogP contribution in [0.4, 0.5) is 11.4 Å². The number of hydrogen-bond donors (Lipinski definition) is 2. The van der Waals surface area contributed by atoms with Crippen molar-refractivity contribution >= 4 is 37.3 Å². The molecular formula is C12H12BrN3O2S. The first-order valence-electron chi connectivity index (χ1n) is 5.44. The Hall–Kier alpha value is -1.60. The summed E-state index contributed by atoms with van der Waals surface area (Å²) in [5.41, 5.74) is 0.923. The molecule has 0 aliphatic heterocycles. The molecule has 0 fully saturated rings. The van der Waals surface area contributed by atoms with Crippen LogP contribution < -0.4 is 10.0 Å². The fraction of sp³-hybridized carbons (Fsp3) is 0.0833. The van der Waals surface area contributed by atoms with Crippen molar-refractivity contribution in [2.45, 2.75) is 5.03 Å². The van der Waals surface area contributed by atoms with Gasteiger partial charge in [-0.25, -0.2) is 4.98 Å². The fourth-order valence-corrected chi connectivity index (χ4v) is 3.14. The van der Waals surface area contributed by atoms with E-state index in [1.54, 1.807) is 37.4 Å². The van der Waals surface area contributed by atoms with Gasteiger partial charge in [0, 0.05) is 23.4 Å². The highest BCUT2D eigenvalue weighted by atomic mass is 79.9. The number of anilines is 2. The standard InChI is InChI=1S/C12H12BrN3O2S/c1-14-11-6-3-7-15-12(11)19(17,18)16-10-5-2-4-9(13)8-10/h2-8,14,16H,1H3. The highest BCUT2D eigenvalue weighted by Gasteiger charge is 2.19. The molecule has 0 saturated heterocycles. The number of pyridine rings is 1. The summed E-state index contributed by atoms with van der Waals surface area (Å²) in [5.74, 6) is 0. The van der Waals surface area contributed by atoms with Crippen LogP contribution in [0.3, 0.4) is 0 Å². The van der Waals surface area contributed by atoms with E-state index in [0.29, 0.717) is 11.4 Å². The van der Waals surface area contributed by atoms with Crippen LogP contribution in [0.2, 0.25) is 0 Å². The van der Waals surface area contributed by atoms with Gasteiger partial charge in [-0.05, 0) is 30.3 Å². The molecule has 5 nitrogen and oxygen atoms in total. The minimum atomic E-state index is -3.72. The molecule has 1 aromatic heterocycles. The minimum Gasteiger partial charge on any atom is -0.386 e. The summed E-state index contributed by atoms with van der Waals surface area (Å²) in [6.07, 6.45) is 1.44. The molecule has 0 bridgehead atoms. The van der Waals surface area contributed by atoms with E-state index in [2.05, 4.69) is 31.0 Å². The third kappa shape index (κ3) is 3.24. The van der Waals surface area contributed by atoms with Crippen molar-refractivity contribution < 1.29 is 8.42 Å². The van der Waals surface area contributed by atoms with Gasteiger partial charge in [-0.1, -0.05) is 22.0 Å². The van der Waals surface area contributed by atoms with E-state index in [1.807, 2.05) is 6.07 Å². The number of nitrogens with zero attached hydrogens (tertiary/aromatic N) is 1. The van der Waals surface area contributed by atoms with Crippen molar-refractivity contribution in [3.8, 4) is 0 Å². The second kappa shape index (κ2) is 5.58. The summed E-state index contributed by atoms with van der Waals surface area (Å²) in [4.78, 5) is 3.92. The summed E-state index contributed by atoms with van der Waals surface area (Å²) < 4.78 is 27.8. The molecule has 7 heteroatoms. The van der Waals surface area contributed by atoms with Crippen LogP contribution in [0, 0.1) is 0 Å². The topological polar surface area (TPSA) is 71.1 Å². The Morgan fingerprint density at radius 3 is 2.68 bits per heavy atom. The lowest BCUT2D eigenvalue weighted by molar-refractivity contribution is 0.598. The van der Waals surface area contributed by atoms with Crippen molar-refractivity contribution in [2.24, 2.45) is 0 Å². The second-order valence-corrected chi connectivity index (χ2v) is 6.24. The first-order chi connectivity index (χ1) is 9.03. The molecule has 0 spiro atoms. The SMILES string of the molecule is CNc1cccnc1S(=O)(=O)Nc1cccc(Br)c1. The molecule has 1 aromatic carbocycles. The number of benzene rings is 1. The second-order valence-electron chi connectivity index (χ2n) is 3.72. The number of aromatic nitrogens is 1. The zero-order valence-corrected chi connectivity index (χ0v) is 12.5. The fourth-order valence-electron chi connectivity index (χ4n) is 1.55. The van der Waals surface area contributed by atoms with Crippen LogP contribution >= 0.6 is 15.9 Å². The van der Waals surface area contributed by atoms with E-state index >= 15 is 0 Å². The predicted octanol–water partition coefficient (Wildman–Crippen LogP) is 2.69. The molecule has 19 heavy (non-hydrogen) atoms. The molecule has 2 rings (SSSR count). The molecule has 0 atom stereocenters. The number of sulfonamides is 1. The van der Waals surface area contributed by atoms with Gasteiger partial charge in [0.1, 0.15) is 0 Å². The van der Waals surface area contributed by atoms with Crippen molar-refractivity contribution in [1.82, 2.24) is 4.98 Å². The normalized spacial score (nSPS) is 11.1. The zero-order chi connectivity index (χ0) is 13.9. The molecule has 100 valence electrons. The van der Waals surface area contributed by atoms with Gasteiger partial charge in [0.25, 0.3) is 10.0 Å². The third-order valence-electron chi connectivity index (χ3n) is 2.37. The van der Waals surface area contributed by atoms with E-state index < -0.39 is 10.0 Å². The Balaban J connectivity index is 2.38. The minimum absolute atomic E-state index is 0.0301. The van der Waals surface area contributed by atoms with Crippen LogP contribution in [0.25, 0.3) is 0 Å². The Bertz CT molecular complexity index is 689. The average Bonchev–Trinajstić information content (AvgIpc) is 2.38. The lowest BCUT2D eigenvalue weighted by Gasteiger charge is -2.10. The molecule has 0 saturated carbocycles. The highest BCUT2D eigenvalue weighted by molar-refractivity contribution is 9.10. The summed E-state index contributed by atoms with van der Waals surface area (Å²) in [5, 5.41) is 2.78. The van der Waals surface area contributed by atoms with Crippen molar-refractivity contribution in [3.05, 3.63) is 47.1 Å². The number of halogens is 1. The summed E-state index contributed by atoms with van der Waals surface area (Å²) in [6, 6.07) is 10.2.